The monoisotopic (exact) mass is 628 g/mol. The summed E-state index contributed by atoms with van der Waals surface area (Å²) >= 11 is 3.56. The standard InChI is InChI=1S/C32H38BrFN2O5/c1-19-9-25-24-8-7-22-11-26-21(15-36(35-26)14-20-5-4-6-23(33)10-20)12-28(22,2)31(24,34)27(37)13-29(25,3)32(19)30(40-18-41-32)16-38-17-39-30/h4-6,10-11,15,19,24-25,27,37H,7-9,12-14,16-18H2,1-3H3/t19-,24+,25+,27+,28+,29+,30?,31+,32-/m1/s1. The molecular formula is C32H38BrFN2O5. The van der Waals surface area contributed by atoms with E-state index in [9.17, 15) is 5.11 Å². The van der Waals surface area contributed by atoms with E-state index in [2.05, 4.69) is 54.2 Å². The second-order valence-electron chi connectivity index (χ2n) is 13.8. The number of halogens is 2. The minimum atomic E-state index is -1.77. The number of ether oxygens (including phenoxy) is 4. The van der Waals surface area contributed by atoms with E-state index in [1.807, 2.05) is 23.7 Å². The molecular weight excluding hydrogens is 591 g/mol. The van der Waals surface area contributed by atoms with Crippen LogP contribution in [0, 0.1) is 28.6 Å². The lowest BCUT2D eigenvalue weighted by molar-refractivity contribution is -0.279. The van der Waals surface area contributed by atoms with Crippen molar-refractivity contribution in [2.75, 3.05) is 20.2 Å². The summed E-state index contributed by atoms with van der Waals surface area (Å²) in [5, 5.41) is 16.9. The van der Waals surface area contributed by atoms with Gasteiger partial charge in [0.1, 0.15) is 17.9 Å². The third kappa shape index (κ3) is 3.23. The maximum absolute atomic E-state index is 18.2. The Labute approximate surface area is 248 Å². The van der Waals surface area contributed by atoms with Gasteiger partial charge in [0.15, 0.2) is 13.6 Å². The fourth-order valence-electron chi connectivity index (χ4n) is 10.5. The maximum Gasteiger partial charge on any atom is 0.227 e. The number of aliphatic hydroxyl groups is 1. The summed E-state index contributed by atoms with van der Waals surface area (Å²) in [6.45, 7) is 7.62. The third-order valence-electron chi connectivity index (χ3n) is 12.1. The molecule has 8 rings (SSSR count). The van der Waals surface area contributed by atoms with Crippen LogP contribution in [0.25, 0.3) is 6.08 Å². The van der Waals surface area contributed by atoms with Gasteiger partial charge in [0, 0.05) is 27.4 Å². The normalized spacial score (nSPS) is 46.3. The van der Waals surface area contributed by atoms with E-state index in [-0.39, 0.29) is 31.3 Å². The Balaban J connectivity index is 1.15. The second kappa shape index (κ2) is 8.73. The Kier molecular flexibility index (Phi) is 5.74. The summed E-state index contributed by atoms with van der Waals surface area (Å²) in [5.41, 5.74) is 0.288. The molecule has 6 aliphatic rings. The molecule has 41 heavy (non-hydrogen) atoms. The van der Waals surface area contributed by atoms with Gasteiger partial charge in [-0.2, -0.15) is 5.10 Å². The molecule has 2 aliphatic heterocycles. The maximum atomic E-state index is 18.2. The first-order valence-corrected chi connectivity index (χ1v) is 15.7. The predicted molar refractivity (Wildman–Crippen MR) is 152 cm³/mol. The van der Waals surface area contributed by atoms with Gasteiger partial charge in [-0.3, -0.25) is 4.68 Å². The molecule has 2 spiro atoms. The van der Waals surface area contributed by atoms with Crippen molar-refractivity contribution in [3.63, 3.8) is 0 Å². The van der Waals surface area contributed by atoms with E-state index in [4.69, 9.17) is 24.0 Å². The Morgan fingerprint density at radius 3 is 2.78 bits per heavy atom. The van der Waals surface area contributed by atoms with Crippen molar-refractivity contribution < 1.29 is 28.4 Å². The zero-order chi connectivity index (χ0) is 28.4. The van der Waals surface area contributed by atoms with E-state index in [1.54, 1.807) is 0 Å². The average molecular weight is 630 g/mol. The molecule has 0 bridgehead atoms. The van der Waals surface area contributed by atoms with Crippen LogP contribution in [-0.4, -0.2) is 58.2 Å². The second-order valence-corrected chi connectivity index (χ2v) is 14.8. The molecule has 1 unspecified atom stereocenters. The summed E-state index contributed by atoms with van der Waals surface area (Å²) < 4.78 is 45.7. The SMILES string of the molecule is C[C@@H]1C[C@H]2[C@@H]3CCC4=Cc5nn(Cc6cccc(Br)c6)cc5C[C@]4(C)[C@@]3(F)[C@@H](O)C[C@]2(C)[C@]12OCOC21COCO1. The van der Waals surface area contributed by atoms with Gasteiger partial charge in [-0.15, -0.1) is 0 Å². The third-order valence-corrected chi connectivity index (χ3v) is 12.6. The van der Waals surface area contributed by atoms with Crippen molar-refractivity contribution >= 4 is 22.0 Å². The van der Waals surface area contributed by atoms with Crippen molar-refractivity contribution in [2.24, 2.45) is 28.6 Å². The average Bonchev–Trinajstić information content (AvgIpc) is 3.69. The number of hydrogen-bond acceptors (Lipinski definition) is 6. The number of allylic oxidation sites excluding steroid dienone is 1. The molecule has 5 fully saturated rings. The van der Waals surface area contributed by atoms with Gasteiger partial charge in [0.25, 0.3) is 0 Å². The molecule has 2 saturated heterocycles. The number of alkyl halides is 1. The molecule has 9 atom stereocenters. The van der Waals surface area contributed by atoms with Crippen molar-refractivity contribution in [1.29, 1.82) is 0 Å². The lowest BCUT2D eigenvalue weighted by Crippen LogP contribution is -2.72. The Hall–Kier alpha value is -1.62. The minimum Gasteiger partial charge on any atom is -0.390 e. The first-order chi connectivity index (χ1) is 19.6. The van der Waals surface area contributed by atoms with Crippen LogP contribution in [0.4, 0.5) is 4.39 Å². The molecule has 220 valence electrons. The highest BCUT2D eigenvalue weighted by atomic mass is 79.9. The zero-order valence-electron chi connectivity index (χ0n) is 23.9. The fourth-order valence-corrected chi connectivity index (χ4v) is 11.0. The number of aromatic nitrogens is 2. The van der Waals surface area contributed by atoms with Crippen LogP contribution in [0.5, 0.6) is 0 Å². The smallest absolute Gasteiger partial charge is 0.227 e. The van der Waals surface area contributed by atoms with Crippen LogP contribution in [0.3, 0.4) is 0 Å². The van der Waals surface area contributed by atoms with Gasteiger partial charge in [0.05, 0.1) is 18.3 Å². The topological polar surface area (TPSA) is 75.0 Å². The zero-order valence-corrected chi connectivity index (χ0v) is 25.5. The quantitative estimate of drug-likeness (QED) is 0.465. The van der Waals surface area contributed by atoms with Crippen molar-refractivity contribution in [3.8, 4) is 0 Å². The lowest BCUT2D eigenvalue weighted by atomic mass is 9.43. The molecule has 0 amide bonds. The van der Waals surface area contributed by atoms with E-state index in [0.717, 1.165) is 39.7 Å². The molecule has 1 N–H and O–H groups in total. The summed E-state index contributed by atoms with van der Waals surface area (Å²) in [7, 11) is 0. The fraction of sp³-hybridized carbons (Fsp3) is 0.656. The Morgan fingerprint density at radius 1 is 1.17 bits per heavy atom. The van der Waals surface area contributed by atoms with Crippen LogP contribution >= 0.6 is 15.9 Å². The van der Waals surface area contributed by atoms with Gasteiger partial charge in [0.2, 0.25) is 5.79 Å². The van der Waals surface area contributed by atoms with Crippen molar-refractivity contribution in [1.82, 2.24) is 9.78 Å². The highest BCUT2D eigenvalue weighted by Gasteiger charge is 2.81. The van der Waals surface area contributed by atoms with Gasteiger partial charge >= 0.3 is 0 Å². The lowest BCUT2D eigenvalue weighted by Gasteiger charge is -2.64. The van der Waals surface area contributed by atoms with Crippen LogP contribution in [0.15, 0.2) is 40.5 Å². The number of aliphatic hydroxyl groups excluding tert-OH is 1. The van der Waals surface area contributed by atoms with Crippen molar-refractivity contribution in [3.05, 3.63) is 57.3 Å². The summed E-state index contributed by atoms with van der Waals surface area (Å²) in [5.74, 6) is -1.23. The van der Waals surface area contributed by atoms with Crippen LogP contribution in [0.2, 0.25) is 0 Å². The number of fused-ring (bicyclic) bond motifs is 8. The Morgan fingerprint density at radius 2 is 2.00 bits per heavy atom. The van der Waals surface area contributed by atoms with Gasteiger partial charge < -0.3 is 24.1 Å². The van der Waals surface area contributed by atoms with Crippen LogP contribution < -0.4 is 0 Å². The number of benzene rings is 1. The largest absolute Gasteiger partial charge is 0.390 e. The summed E-state index contributed by atoms with van der Waals surface area (Å²) in [6.07, 6.45) is 6.15. The molecule has 7 nitrogen and oxygen atoms in total. The molecule has 9 heteroatoms. The summed E-state index contributed by atoms with van der Waals surface area (Å²) in [4.78, 5) is 0. The van der Waals surface area contributed by atoms with Crippen molar-refractivity contribution in [2.45, 2.75) is 82.6 Å². The molecule has 3 heterocycles. The van der Waals surface area contributed by atoms with Crippen LogP contribution in [-0.2, 0) is 31.9 Å². The molecule has 4 aliphatic carbocycles. The molecule has 0 radical (unpaired) electrons. The van der Waals surface area contributed by atoms with E-state index >= 15 is 4.39 Å². The first kappa shape index (κ1) is 27.0. The molecule has 2 aromatic rings. The first-order valence-electron chi connectivity index (χ1n) is 14.9. The highest BCUT2D eigenvalue weighted by molar-refractivity contribution is 9.10. The summed E-state index contributed by atoms with van der Waals surface area (Å²) in [6, 6.07) is 8.22. The van der Waals surface area contributed by atoms with Gasteiger partial charge in [-0.1, -0.05) is 54.4 Å². The number of rotatable bonds is 2. The van der Waals surface area contributed by atoms with E-state index in [0.29, 0.717) is 32.4 Å². The van der Waals surface area contributed by atoms with Crippen LogP contribution in [0.1, 0.15) is 63.3 Å². The molecule has 1 aromatic carbocycles. The van der Waals surface area contributed by atoms with Gasteiger partial charge in [-0.05, 0) is 73.3 Å². The number of hydrogen-bond donors (Lipinski definition) is 1. The molecule has 3 saturated carbocycles. The van der Waals surface area contributed by atoms with Gasteiger partial charge in [-0.25, -0.2) is 4.39 Å². The predicted octanol–water partition coefficient (Wildman–Crippen LogP) is 5.63. The highest BCUT2D eigenvalue weighted by Crippen LogP contribution is 2.74. The minimum absolute atomic E-state index is 0.0210. The molecule has 1 aromatic heterocycles. The Bertz CT molecular complexity index is 1440. The van der Waals surface area contributed by atoms with E-state index < -0.39 is 34.0 Å². The van der Waals surface area contributed by atoms with E-state index in [1.165, 1.54) is 0 Å². The number of nitrogens with zero attached hydrogens (tertiary/aromatic N) is 2.